The van der Waals surface area contributed by atoms with Crippen molar-refractivity contribution < 1.29 is 14.7 Å². The number of carbonyl (C=O) groups excluding carboxylic acids is 1. The van der Waals surface area contributed by atoms with Crippen LogP contribution in [-0.4, -0.2) is 44.1 Å². The Balaban J connectivity index is 2.18. The van der Waals surface area contributed by atoms with E-state index in [1.165, 1.54) is 4.68 Å². The zero-order chi connectivity index (χ0) is 14.0. The number of hydrogen-bond acceptors (Lipinski definition) is 3. The van der Waals surface area contributed by atoms with E-state index >= 15 is 0 Å². The molecule has 0 spiro atoms. The van der Waals surface area contributed by atoms with E-state index in [1.807, 2.05) is 0 Å². The fourth-order valence-corrected chi connectivity index (χ4v) is 2.49. The van der Waals surface area contributed by atoms with Crippen molar-refractivity contribution in [3.05, 3.63) is 17.0 Å². The van der Waals surface area contributed by atoms with Gasteiger partial charge in [0.1, 0.15) is 0 Å². The molecule has 1 amide bonds. The van der Waals surface area contributed by atoms with Crippen LogP contribution in [0, 0.1) is 0 Å². The highest BCUT2D eigenvalue weighted by Crippen LogP contribution is 2.22. The van der Waals surface area contributed by atoms with E-state index < -0.39 is 5.97 Å². The van der Waals surface area contributed by atoms with Crippen LogP contribution < -0.4 is 0 Å². The smallest absolute Gasteiger partial charge is 0.354 e. The first-order valence-electron chi connectivity index (χ1n) is 6.16. The molecule has 0 aliphatic carbocycles. The Bertz CT molecular complexity index is 513. The van der Waals surface area contributed by atoms with Gasteiger partial charge in [-0.05, 0) is 6.42 Å². The van der Waals surface area contributed by atoms with E-state index in [4.69, 9.17) is 11.6 Å². The van der Waals surface area contributed by atoms with Crippen LogP contribution in [0.1, 0.15) is 34.6 Å². The number of hydrogen-bond donors (Lipinski definition) is 1. The number of alkyl halides is 1. The Morgan fingerprint density at radius 3 is 2.84 bits per heavy atom. The topological polar surface area (TPSA) is 75.4 Å². The summed E-state index contributed by atoms with van der Waals surface area (Å²) in [7, 11) is 1.61. The van der Waals surface area contributed by atoms with E-state index in [0.717, 1.165) is 5.69 Å². The molecule has 0 radical (unpaired) electrons. The van der Waals surface area contributed by atoms with Gasteiger partial charge in [0.2, 0.25) is 5.91 Å². The maximum atomic E-state index is 11.9. The highest BCUT2D eigenvalue weighted by molar-refractivity contribution is 6.17. The standard InChI is InChI=1S/C12H16ClN3O3/c1-15-11(12(18)19)8-7-16(6-4-9(8)14-15)10(17)3-2-5-13/h2-7H2,1H3,(H,18,19). The first kappa shape index (κ1) is 13.9. The fourth-order valence-electron chi connectivity index (χ4n) is 2.36. The molecule has 0 saturated heterocycles. The molecule has 2 heterocycles. The van der Waals surface area contributed by atoms with Crippen molar-refractivity contribution in [1.29, 1.82) is 0 Å². The van der Waals surface area contributed by atoms with Crippen molar-refractivity contribution in [2.45, 2.75) is 25.8 Å². The Morgan fingerprint density at radius 2 is 2.21 bits per heavy atom. The van der Waals surface area contributed by atoms with E-state index in [-0.39, 0.29) is 11.6 Å². The highest BCUT2D eigenvalue weighted by atomic mass is 35.5. The maximum Gasteiger partial charge on any atom is 0.354 e. The molecule has 2 rings (SSSR count). The average molecular weight is 286 g/mol. The van der Waals surface area contributed by atoms with Crippen molar-refractivity contribution in [1.82, 2.24) is 14.7 Å². The second-order valence-corrected chi connectivity index (χ2v) is 4.94. The minimum absolute atomic E-state index is 0.0199. The molecule has 0 bridgehead atoms. The van der Waals surface area contributed by atoms with Gasteiger partial charge in [-0.15, -0.1) is 11.6 Å². The second kappa shape index (κ2) is 5.61. The Kier molecular flexibility index (Phi) is 4.09. The summed E-state index contributed by atoms with van der Waals surface area (Å²) in [6, 6.07) is 0. The lowest BCUT2D eigenvalue weighted by atomic mass is 10.0. The van der Waals surface area contributed by atoms with Crippen molar-refractivity contribution in [3.63, 3.8) is 0 Å². The molecular formula is C12H16ClN3O3. The van der Waals surface area contributed by atoms with Gasteiger partial charge in [0.05, 0.1) is 5.69 Å². The second-order valence-electron chi connectivity index (χ2n) is 4.56. The molecular weight excluding hydrogens is 270 g/mol. The summed E-state index contributed by atoms with van der Waals surface area (Å²) in [6.07, 6.45) is 1.65. The zero-order valence-corrected chi connectivity index (χ0v) is 11.5. The van der Waals surface area contributed by atoms with Gasteiger partial charge in [0.25, 0.3) is 0 Å². The molecule has 6 nitrogen and oxygen atoms in total. The summed E-state index contributed by atoms with van der Waals surface area (Å²) in [4.78, 5) is 24.9. The number of carbonyl (C=O) groups is 2. The number of aromatic nitrogens is 2. The van der Waals surface area contributed by atoms with Gasteiger partial charge in [0, 0.05) is 44.4 Å². The number of fused-ring (bicyclic) bond motifs is 1. The lowest BCUT2D eigenvalue weighted by Crippen LogP contribution is -2.36. The monoisotopic (exact) mass is 285 g/mol. The van der Waals surface area contributed by atoms with Crippen molar-refractivity contribution in [3.8, 4) is 0 Å². The average Bonchev–Trinajstić information content (AvgIpc) is 2.70. The predicted molar refractivity (Wildman–Crippen MR) is 69.2 cm³/mol. The third-order valence-corrected chi connectivity index (χ3v) is 3.54. The normalized spacial score (nSPS) is 14.3. The Labute approximate surface area is 115 Å². The SMILES string of the molecule is Cn1nc2c(c1C(=O)O)CN(C(=O)CCCCl)CC2. The number of amides is 1. The molecule has 0 fully saturated rings. The van der Waals surface area contributed by atoms with Crippen LogP contribution in [0.4, 0.5) is 0 Å². The number of nitrogens with zero attached hydrogens (tertiary/aromatic N) is 3. The van der Waals surface area contributed by atoms with E-state index in [1.54, 1.807) is 11.9 Å². The summed E-state index contributed by atoms with van der Waals surface area (Å²) < 4.78 is 1.37. The maximum absolute atomic E-state index is 11.9. The van der Waals surface area contributed by atoms with Crippen LogP contribution in [0.15, 0.2) is 0 Å². The molecule has 0 atom stereocenters. The summed E-state index contributed by atoms with van der Waals surface area (Å²) in [5.74, 6) is -0.532. The van der Waals surface area contributed by atoms with E-state index in [0.29, 0.717) is 43.8 Å². The zero-order valence-electron chi connectivity index (χ0n) is 10.7. The Morgan fingerprint density at radius 1 is 1.47 bits per heavy atom. The van der Waals surface area contributed by atoms with Gasteiger partial charge in [-0.2, -0.15) is 5.10 Å². The van der Waals surface area contributed by atoms with E-state index in [9.17, 15) is 14.7 Å². The first-order valence-corrected chi connectivity index (χ1v) is 6.69. The molecule has 1 aliphatic heterocycles. The van der Waals surface area contributed by atoms with Crippen LogP contribution in [0.3, 0.4) is 0 Å². The van der Waals surface area contributed by atoms with Crippen LogP contribution in [0.25, 0.3) is 0 Å². The van der Waals surface area contributed by atoms with Crippen molar-refractivity contribution in [2.75, 3.05) is 12.4 Å². The fraction of sp³-hybridized carbons (Fsp3) is 0.583. The molecule has 0 unspecified atom stereocenters. The molecule has 7 heteroatoms. The highest BCUT2D eigenvalue weighted by Gasteiger charge is 2.28. The van der Waals surface area contributed by atoms with Gasteiger partial charge < -0.3 is 10.0 Å². The van der Waals surface area contributed by atoms with Crippen LogP contribution in [0.5, 0.6) is 0 Å². The quantitative estimate of drug-likeness (QED) is 0.838. The molecule has 0 aromatic carbocycles. The van der Waals surface area contributed by atoms with Gasteiger partial charge in [-0.25, -0.2) is 4.79 Å². The lowest BCUT2D eigenvalue weighted by molar-refractivity contribution is -0.132. The number of rotatable bonds is 4. The number of carboxylic acids is 1. The third kappa shape index (κ3) is 2.73. The predicted octanol–water partition coefficient (Wildman–Crippen LogP) is 1.02. The Hall–Kier alpha value is -1.56. The van der Waals surface area contributed by atoms with Gasteiger partial charge >= 0.3 is 5.97 Å². The van der Waals surface area contributed by atoms with Gasteiger partial charge in [-0.3, -0.25) is 9.48 Å². The number of halogens is 1. The van der Waals surface area contributed by atoms with Crippen LogP contribution in [0.2, 0.25) is 0 Å². The summed E-state index contributed by atoms with van der Waals surface area (Å²) >= 11 is 5.57. The first-order chi connectivity index (χ1) is 9.04. The number of carboxylic acid groups (broad SMARTS) is 1. The largest absolute Gasteiger partial charge is 0.477 e. The summed E-state index contributed by atoms with van der Waals surface area (Å²) in [6.45, 7) is 0.913. The van der Waals surface area contributed by atoms with E-state index in [2.05, 4.69) is 5.10 Å². The van der Waals surface area contributed by atoms with Crippen LogP contribution >= 0.6 is 11.6 Å². The van der Waals surface area contributed by atoms with Gasteiger partial charge in [0.15, 0.2) is 5.69 Å². The number of aromatic carboxylic acids is 1. The molecule has 0 saturated carbocycles. The van der Waals surface area contributed by atoms with Crippen molar-refractivity contribution >= 4 is 23.5 Å². The molecule has 1 aromatic heterocycles. The minimum Gasteiger partial charge on any atom is -0.477 e. The summed E-state index contributed by atoms with van der Waals surface area (Å²) in [5, 5.41) is 13.4. The number of aryl methyl sites for hydroxylation is 1. The summed E-state index contributed by atoms with van der Waals surface area (Å²) in [5.41, 5.74) is 1.60. The molecule has 104 valence electrons. The third-order valence-electron chi connectivity index (χ3n) is 3.28. The van der Waals surface area contributed by atoms with Gasteiger partial charge in [-0.1, -0.05) is 0 Å². The molecule has 1 aliphatic rings. The molecule has 1 aromatic rings. The lowest BCUT2D eigenvalue weighted by Gasteiger charge is -2.26. The minimum atomic E-state index is -1.01. The van der Waals surface area contributed by atoms with Crippen molar-refractivity contribution in [2.24, 2.45) is 7.05 Å². The molecule has 19 heavy (non-hydrogen) atoms. The van der Waals surface area contributed by atoms with Crippen LogP contribution in [-0.2, 0) is 24.8 Å². The molecule has 1 N–H and O–H groups in total.